The Morgan fingerprint density at radius 3 is 2.41 bits per heavy atom. The van der Waals surface area contributed by atoms with Gasteiger partial charge in [-0.05, 0) is 111 Å². The lowest BCUT2D eigenvalue weighted by molar-refractivity contribution is -0.180. The van der Waals surface area contributed by atoms with Gasteiger partial charge in [0.25, 0.3) is 0 Å². The van der Waals surface area contributed by atoms with E-state index in [4.69, 9.17) is 4.74 Å². The highest BCUT2D eigenvalue weighted by molar-refractivity contribution is 5.66. The molecule has 4 fully saturated rings. The Bertz CT molecular complexity index is 669. The molecule has 0 bridgehead atoms. The lowest BCUT2D eigenvalue weighted by Gasteiger charge is -2.60. The Labute approximate surface area is 197 Å². The minimum atomic E-state index is -0.621. The predicted molar refractivity (Wildman–Crippen MR) is 130 cm³/mol. The first-order valence-corrected chi connectivity index (χ1v) is 13.9. The van der Waals surface area contributed by atoms with Crippen LogP contribution in [0, 0.1) is 52.8 Å². The van der Waals surface area contributed by atoms with Crippen LogP contribution in [0.4, 0.5) is 0 Å². The first kappa shape index (κ1) is 24.6. The van der Waals surface area contributed by atoms with Crippen LogP contribution in [-0.4, -0.2) is 22.8 Å². The molecule has 0 aromatic carbocycles. The van der Waals surface area contributed by atoms with Crippen molar-refractivity contribution in [3.63, 3.8) is 0 Å². The van der Waals surface area contributed by atoms with Gasteiger partial charge >= 0.3 is 5.97 Å². The zero-order chi connectivity index (χ0) is 23.3. The van der Waals surface area contributed by atoms with Crippen LogP contribution < -0.4 is 0 Å². The lowest BCUT2D eigenvalue weighted by atomic mass is 9.46. The third-order valence-corrected chi connectivity index (χ3v) is 10.9. The SMILES string of the molecule is CC(=O)OC1CC[C@H]2C(C1)C(C)(O)C[C@@H]1[C@@H]2CC[C@]2(C)C(C(C)CCCC(C)C)CC[C@@H]12. The molecule has 3 heteroatoms. The molecule has 4 saturated carbocycles. The maximum atomic E-state index is 11.7. The lowest BCUT2D eigenvalue weighted by Crippen LogP contribution is -2.58. The van der Waals surface area contributed by atoms with Gasteiger partial charge in [-0.1, -0.05) is 47.0 Å². The van der Waals surface area contributed by atoms with Crippen LogP contribution >= 0.6 is 0 Å². The molecule has 0 aliphatic heterocycles. The second kappa shape index (κ2) is 9.23. The van der Waals surface area contributed by atoms with Crippen LogP contribution in [-0.2, 0) is 9.53 Å². The Morgan fingerprint density at radius 1 is 0.969 bits per heavy atom. The smallest absolute Gasteiger partial charge is 0.302 e. The van der Waals surface area contributed by atoms with Gasteiger partial charge in [0.05, 0.1) is 5.60 Å². The first-order chi connectivity index (χ1) is 15.0. The maximum absolute atomic E-state index is 11.7. The van der Waals surface area contributed by atoms with Crippen molar-refractivity contribution in [3.05, 3.63) is 0 Å². The molecule has 0 aromatic heterocycles. The van der Waals surface area contributed by atoms with Gasteiger partial charge in [0.15, 0.2) is 0 Å². The molecule has 3 nitrogen and oxygen atoms in total. The minimum Gasteiger partial charge on any atom is -0.463 e. The van der Waals surface area contributed by atoms with E-state index < -0.39 is 5.60 Å². The molecule has 184 valence electrons. The van der Waals surface area contributed by atoms with Crippen molar-refractivity contribution in [2.24, 2.45) is 52.8 Å². The second-order valence-corrected chi connectivity index (χ2v) is 13.3. The summed E-state index contributed by atoms with van der Waals surface area (Å²) in [6.45, 7) is 13.5. The highest BCUT2D eigenvalue weighted by Gasteiger charge is 2.61. The molecule has 5 unspecified atom stereocenters. The number of fused-ring (bicyclic) bond motifs is 5. The predicted octanol–water partition coefficient (Wildman–Crippen LogP) is 7.01. The average molecular weight is 447 g/mol. The topological polar surface area (TPSA) is 46.5 Å². The Balaban J connectivity index is 1.47. The minimum absolute atomic E-state index is 0.00758. The average Bonchev–Trinajstić information content (AvgIpc) is 3.05. The number of hydrogen-bond acceptors (Lipinski definition) is 3. The van der Waals surface area contributed by atoms with Gasteiger partial charge in [-0.3, -0.25) is 4.79 Å². The molecule has 4 rings (SSSR count). The molecule has 10 atom stereocenters. The molecule has 0 saturated heterocycles. The highest BCUT2D eigenvalue weighted by Crippen LogP contribution is 2.66. The molecule has 4 aliphatic carbocycles. The fourth-order valence-electron chi connectivity index (χ4n) is 9.52. The zero-order valence-electron chi connectivity index (χ0n) is 21.7. The summed E-state index contributed by atoms with van der Waals surface area (Å²) in [6.07, 6.45) is 13.6. The summed E-state index contributed by atoms with van der Waals surface area (Å²) < 4.78 is 5.59. The summed E-state index contributed by atoms with van der Waals surface area (Å²) in [5, 5.41) is 11.7. The van der Waals surface area contributed by atoms with Crippen molar-refractivity contribution in [2.75, 3.05) is 0 Å². The Hall–Kier alpha value is -0.570. The van der Waals surface area contributed by atoms with Crippen LogP contribution in [0.3, 0.4) is 0 Å². The van der Waals surface area contributed by atoms with E-state index >= 15 is 0 Å². The summed E-state index contributed by atoms with van der Waals surface area (Å²) >= 11 is 0. The molecule has 4 aliphatic rings. The van der Waals surface area contributed by atoms with Crippen molar-refractivity contribution in [2.45, 2.75) is 124 Å². The van der Waals surface area contributed by atoms with Crippen molar-refractivity contribution in [1.29, 1.82) is 0 Å². The number of ether oxygens (including phenoxy) is 1. The van der Waals surface area contributed by atoms with Crippen LogP contribution in [0.1, 0.15) is 112 Å². The number of carbonyl (C=O) groups excluding carboxylic acids is 1. The summed E-state index contributed by atoms with van der Waals surface area (Å²) in [7, 11) is 0. The second-order valence-electron chi connectivity index (χ2n) is 13.3. The van der Waals surface area contributed by atoms with Gasteiger partial charge in [-0.25, -0.2) is 0 Å². The van der Waals surface area contributed by atoms with E-state index in [-0.39, 0.29) is 12.1 Å². The maximum Gasteiger partial charge on any atom is 0.302 e. The molecule has 32 heavy (non-hydrogen) atoms. The van der Waals surface area contributed by atoms with Crippen molar-refractivity contribution < 1.29 is 14.6 Å². The number of esters is 1. The van der Waals surface area contributed by atoms with Gasteiger partial charge < -0.3 is 9.84 Å². The molecule has 0 amide bonds. The number of carbonyl (C=O) groups is 1. The van der Waals surface area contributed by atoms with Gasteiger partial charge in [0, 0.05) is 6.92 Å². The summed E-state index contributed by atoms with van der Waals surface area (Å²) in [5.74, 6) is 5.49. The zero-order valence-corrected chi connectivity index (χ0v) is 21.7. The van der Waals surface area contributed by atoms with E-state index in [2.05, 4.69) is 34.6 Å². The van der Waals surface area contributed by atoms with E-state index in [1.165, 1.54) is 51.9 Å². The molecule has 0 heterocycles. The van der Waals surface area contributed by atoms with E-state index in [0.717, 1.165) is 55.3 Å². The highest BCUT2D eigenvalue weighted by atomic mass is 16.5. The molecule has 0 spiro atoms. The molecule has 0 aromatic rings. The van der Waals surface area contributed by atoms with Gasteiger partial charge in [-0.15, -0.1) is 0 Å². The molecule has 1 N–H and O–H groups in total. The van der Waals surface area contributed by atoms with Crippen LogP contribution in [0.25, 0.3) is 0 Å². The fraction of sp³-hybridized carbons (Fsp3) is 0.966. The van der Waals surface area contributed by atoms with Gasteiger partial charge in [-0.2, -0.15) is 0 Å². The van der Waals surface area contributed by atoms with Crippen LogP contribution in [0.15, 0.2) is 0 Å². The number of rotatable bonds is 6. The first-order valence-electron chi connectivity index (χ1n) is 13.9. The largest absolute Gasteiger partial charge is 0.463 e. The quantitative estimate of drug-likeness (QED) is 0.446. The Kier molecular flexibility index (Phi) is 7.08. The van der Waals surface area contributed by atoms with E-state index in [1.807, 2.05) is 0 Å². The molecular formula is C29H50O3. The van der Waals surface area contributed by atoms with Crippen LogP contribution in [0.5, 0.6) is 0 Å². The Morgan fingerprint density at radius 2 is 1.72 bits per heavy atom. The summed E-state index contributed by atoms with van der Waals surface area (Å²) in [4.78, 5) is 11.5. The van der Waals surface area contributed by atoms with Crippen molar-refractivity contribution in [1.82, 2.24) is 0 Å². The van der Waals surface area contributed by atoms with Gasteiger partial charge in [0.2, 0.25) is 0 Å². The van der Waals surface area contributed by atoms with E-state index in [9.17, 15) is 9.90 Å². The van der Waals surface area contributed by atoms with Crippen LogP contribution in [0.2, 0.25) is 0 Å². The number of hydrogen-bond donors (Lipinski definition) is 1. The number of aliphatic hydroxyl groups is 1. The van der Waals surface area contributed by atoms with Gasteiger partial charge in [0.1, 0.15) is 6.10 Å². The van der Waals surface area contributed by atoms with E-state index in [0.29, 0.717) is 23.2 Å². The normalized spacial score (nSPS) is 46.8. The monoisotopic (exact) mass is 446 g/mol. The molecular weight excluding hydrogens is 396 g/mol. The van der Waals surface area contributed by atoms with Crippen molar-refractivity contribution in [3.8, 4) is 0 Å². The fourth-order valence-corrected chi connectivity index (χ4v) is 9.52. The summed E-state index contributed by atoms with van der Waals surface area (Å²) in [6, 6.07) is 0. The third kappa shape index (κ3) is 4.53. The van der Waals surface area contributed by atoms with Crippen molar-refractivity contribution >= 4 is 5.97 Å². The summed E-state index contributed by atoms with van der Waals surface area (Å²) in [5.41, 5.74) is -0.153. The third-order valence-electron chi connectivity index (χ3n) is 10.9. The molecule has 0 radical (unpaired) electrons. The standard InChI is InChI=1S/C29H50O3/c1-18(2)8-7-9-19(3)25-12-13-26-24-17-29(6,31)27-16-21(32-20(4)30)10-11-23(27)22(24)14-15-28(25,26)5/h18-19,21-27,31H,7-17H2,1-6H3/t19?,21?,22-,23-,24-,25?,26+,27?,28-,29?/m1/s1. The van der Waals surface area contributed by atoms with E-state index in [1.54, 1.807) is 0 Å².